The molecule has 0 spiro atoms. The summed E-state index contributed by atoms with van der Waals surface area (Å²) in [4.78, 5) is 14.8. The van der Waals surface area contributed by atoms with Gasteiger partial charge in [-0.3, -0.25) is 4.79 Å². The summed E-state index contributed by atoms with van der Waals surface area (Å²) in [6, 6.07) is -0.0976. The molecule has 3 atom stereocenters. The van der Waals surface area contributed by atoms with Gasteiger partial charge in [0.05, 0.1) is 12.1 Å². The van der Waals surface area contributed by atoms with Crippen LogP contribution in [-0.2, 0) is 9.53 Å². The summed E-state index contributed by atoms with van der Waals surface area (Å²) in [5.74, 6) is 2.28. The van der Waals surface area contributed by atoms with E-state index in [4.69, 9.17) is 10.5 Å². The largest absolute Gasteiger partial charge is 0.376 e. The van der Waals surface area contributed by atoms with Crippen LogP contribution in [-0.4, -0.2) is 53.7 Å². The van der Waals surface area contributed by atoms with Gasteiger partial charge in [-0.1, -0.05) is 20.8 Å². The van der Waals surface area contributed by atoms with E-state index < -0.39 is 6.04 Å². The van der Waals surface area contributed by atoms with Gasteiger partial charge in [0.1, 0.15) is 0 Å². The number of nitrogens with two attached hydrogens (primary N) is 1. The van der Waals surface area contributed by atoms with Crippen LogP contribution in [0.4, 0.5) is 0 Å². The van der Waals surface area contributed by atoms with Crippen LogP contribution in [0.3, 0.4) is 0 Å². The second-order valence-electron chi connectivity index (χ2n) is 6.99. The summed E-state index contributed by atoms with van der Waals surface area (Å²) in [6.07, 6.45) is 3.46. The molecule has 0 bridgehead atoms. The number of rotatable bonds is 4. The first kappa shape index (κ1) is 16.1. The zero-order valence-electron chi connectivity index (χ0n) is 12.9. The molecule has 2 heterocycles. The van der Waals surface area contributed by atoms with Crippen molar-refractivity contribution in [1.29, 1.82) is 0 Å². The SMILES string of the molecule is CC(C)(C)[C@H](N)C(=O)N(CC1CCCO1)C1CCSC1. The molecule has 0 aromatic heterocycles. The molecular formula is C15H28N2O2S. The highest BCUT2D eigenvalue weighted by Crippen LogP contribution is 2.27. The molecule has 0 radical (unpaired) electrons. The average molecular weight is 300 g/mol. The van der Waals surface area contributed by atoms with Crippen molar-refractivity contribution in [3.63, 3.8) is 0 Å². The van der Waals surface area contributed by atoms with Crippen molar-refractivity contribution < 1.29 is 9.53 Å². The first-order chi connectivity index (χ1) is 9.39. The van der Waals surface area contributed by atoms with Crippen molar-refractivity contribution in [2.75, 3.05) is 24.7 Å². The van der Waals surface area contributed by atoms with Crippen LogP contribution < -0.4 is 5.73 Å². The topological polar surface area (TPSA) is 55.6 Å². The lowest BCUT2D eigenvalue weighted by molar-refractivity contribution is -0.138. The molecule has 2 N–H and O–H groups in total. The van der Waals surface area contributed by atoms with Gasteiger partial charge in [-0.25, -0.2) is 0 Å². The van der Waals surface area contributed by atoms with Gasteiger partial charge in [0.15, 0.2) is 0 Å². The monoisotopic (exact) mass is 300 g/mol. The Labute approximate surface area is 126 Å². The number of nitrogens with zero attached hydrogens (tertiary/aromatic N) is 1. The summed E-state index contributed by atoms with van der Waals surface area (Å²) in [5.41, 5.74) is 6.00. The van der Waals surface area contributed by atoms with Gasteiger partial charge in [0.2, 0.25) is 5.91 Å². The molecule has 2 aliphatic heterocycles. The number of carbonyl (C=O) groups is 1. The Morgan fingerprint density at radius 2 is 2.20 bits per heavy atom. The first-order valence-electron chi connectivity index (χ1n) is 7.65. The predicted octanol–water partition coefficient (Wildman–Crippen LogP) is 1.87. The maximum atomic E-state index is 12.8. The minimum atomic E-state index is -0.436. The van der Waals surface area contributed by atoms with E-state index in [1.54, 1.807) is 0 Å². The van der Waals surface area contributed by atoms with Crippen LogP contribution in [0.15, 0.2) is 0 Å². The second kappa shape index (κ2) is 6.67. The lowest BCUT2D eigenvalue weighted by Gasteiger charge is -2.36. The van der Waals surface area contributed by atoms with Crippen molar-refractivity contribution in [3.05, 3.63) is 0 Å². The molecule has 5 heteroatoms. The van der Waals surface area contributed by atoms with Crippen molar-refractivity contribution >= 4 is 17.7 Å². The van der Waals surface area contributed by atoms with Crippen LogP contribution in [0.2, 0.25) is 0 Å². The molecule has 0 saturated carbocycles. The maximum Gasteiger partial charge on any atom is 0.240 e. The third-order valence-corrected chi connectivity index (χ3v) is 5.40. The zero-order valence-corrected chi connectivity index (χ0v) is 13.7. The molecule has 20 heavy (non-hydrogen) atoms. The molecule has 2 fully saturated rings. The highest BCUT2D eigenvalue weighted by atomic mass is 32.2. The van der Waals surface area contributed by atoms with E-state index in [2.05, 4.69) is 0 Å². The van der Waals surface area contributed by atoms with E-state index in [-0.39, 0.29) is 17.4 Å². The average Bonchev–Trinajstić information content (AvgIpc) is 3.05. The second-order valence-corrected chi connectivity index (χ2v) is 8.14. The first-order valence-corrected chi connectivity index (χ1v) is 8.80. The number of amides is 1. The molecule has 2 saturated heterocycles. The van der Waals surface area contributed by atoms with Crippen LogP contribution in [0.1, 0.15) is 40.0 Å². The van der Waals surface area contributed by atoms with Crippen LogP contribution in [0.25, 0.3) is 0 Å². The smallest absolute Gasteiger partial charge is 0.240 e. The Kier molecular flexibility index (Phi) is 5.37. The summed E-state index contributed by atoms with van der Waals surface area (Å²) in [5, 5.41) is 0. The van der Waals surface area contributed by atoms with Gasteiger partial charge in [-0.05, 0) is 30.4 Å². The highest BCUT2D eigenvalue weighted by Gasteiger charge is 2.36. The standard InChI is InChI=1S/C15H28N2O2S/c1-15(2,3)13(16)14(18)17(11-6-8-20-10-11)9-12-5-4-7-19-12/h11-13H,4-10,16H2,1-3H3/t11?,12?,13-/m1/s1. The quantitative estimate of drug-likeness (QED) is 0.861. The molecule has 0 aromatic carbocycles. The highest BCUT2D eigenvalue weighted by molar-refractivity contribution is 7.99. The maximum absolute atomic E-state index is 12.8. The van der Waals surface area contributed by atoms with Gasteiger partial charge in [-0.15, -0.1) is 0 Å². The Morgan fingerprint density at radius 3 is 2.70 bits per heavy atom. The van der Waals surface area contributed by atoms with Gasteiger partial charge in [0, 0.05) is 24.9 Å². The van der Waals surface area contributed by atoms with E-state index >= 15 is 0 Å². The number of ether oxygens (including phenoxy) is 1. The lowest BCUT2D eigenvalue weighted by Crippen LogP contribution is -2.55. The predicted molar refractivity (Wildman–Crippen MR) is 83.8 cm³/mol. The van der Waals surface area contributed by atoms with Crippen molar-refractivity contribution in [2.24, 2.45) is 11.1 Å². The minimum absolute atomic E-state index is 0.0977. The molecule has 2 aliphatic rings. The fourth-order valence-corrected chi connectivity index (χ4v) is 3.97. The minimum Gasteiger partial charge on any atom is -0.376 e. The summed E-state index contributed by atoms with van der Waals surface area (Å²) in [7, 11) is 0. The number of thioether (sulfide) groups is 1. The number of hydrogen-bond donors (Lipinski definition) is 1. The molecule has 0 aliphatic carbocycles. The van der Waals surface area contributed by atoms with Crippen molar-refractivity contribution in [3.8, 4) is 0 Å². The number of carbonyl (C=O) groups excluding carboxylic acids is 1. The van der Waals surface area contributed by atoms with E-state index in [0.29, 0.717) is 12.6 Å². The van der Waals surface area contributed by atoms with Crippen LogP contribution in [0.5, 0.6) is 0 Å². The van der Waals surface area contributed by atoms with E-state index in [0.717, 1.165) is 37.4 Å². The van der Waals surface area contributed by atoms with Crippen molar-refractivity contribution in [2.45, 2.75) is 58.2 Å². The molecule has 116 valence electrons. The molecule has 4 nitrogen and oxygen atoms in total. The molecule has 2 unspecified atom stereocenters. The molecule has 2 rings (SSSR count). The Hall–Kier alpha value is -0.260. The van der Waals surface area contributed by atoms with Gasteiger partial charge >= 0.3 is 0 Å². The molecule has 0 aromatic rings. The molecular weight excluding hydrogens is 272 g/mol. The van der Waals surface area contributed by atoms with Gasteiger partial charge < -0.3 is 15.4 Å². The van der Waals surface area contributed by atoms with Crippen molar-refractivity contribution in [1.82, 2.24) is 4.90 Å². The Morgan fingerprint density at radius 1 is 1.45 bits per heavy atom. The summed E-state index contributed by atoms with van der Waals surface area (Å²) >= 11 is 1.93. The fourth-order valence-electron chi connectivity index (χ4n) is 2.74. The third-order valence-electron chi connectivity index (χ3n) is 4.25. The fraction of sp³-hybridized carbons (Fsp3) is 0.933. The Bertz CT molecular complexity index is 331. The zero-order chi connectivity index (χ0) is 14.8. The van der Waals surface area contributed by atoms with Gasteiger partial charge in [-0.2, -0.15) is 11.8 Å². The number of hydrogen-bond acceptors (Lipinski definition) is 4. The lowest BCUT2D eigenvalue weighted by atomic mass is 9.86. The van der Waals surface area contributed by atoms with Crippen LogP contribution in [0, 0.1) is 5.41 Å². The Balaban J connectivity index is 2.06. The van der Waals surface area contributed by atoms with Crippen LogP contribution >= 0.6 is 11.8 Å². The third kappa shape index (κ3) is 3.89. The molecule has 1 amide bonds. The van der Waals surface area contributed by atoms with Gasteiger partial charge in [0.25, 0.3) is 0 Å². The summed E-state index contributed by atoms with van der Waals surface area (Å²) < 4.78 is 5.72. The van der Waals surface area contributed by atoms with E-state index in [1.807, 2.05) is 37.4 Å². The van der Waals surface area contributed by atoms with E-state index in [9.17, 15) is 4.79 Å². The normalized spacial score (nSPS) is 28.6. The van der Waals surface area contributed by atoms with E-state index in [1.165, 1.54) is 0 Å². The summed E-state index contributed by atoms with van der Waals surface area (Å²) in [6.45, 7) is 7.64.